The molecule has 0 spiro atoms. The number of hydrogen-bond acceptors (Lipinski definition) is 6. The zero-order valence-electron chi connectivity index (χ0n) is 16.8. The van der Waals surface area contributed by atoms with Gasteiger partial charge in [0.15, 0.2) is 6.61 Å². The van der Waals surface area contributed by atoms with Crippen LogP contribution in [0.3, 0.4) is 0 Å². The second-order valence-electron chi connectivity index (χ2n) is 6.09. The summed E-state index contributed by atoms with van der Waals surface area (Å²) in [6.45, 7) is 3.43. The number of nitrogens with one attached hydrogen (secondary N) is 1. The summed E-state index contributed by atoms with van der Waals surface area (Å²) in [5, 5.41) is 2.59. The van der Waals surface area contributed by atoms with Gasteiger partial charge in [0.25, 0.3) is 5.91 Å². The number of sulfonamides is 1. The van der Waals surface area contributed by atoms with E-state index in [1.807, 2.05) is 0 Å². The maximum absolute atomic E-state index is 12.7. The molecular formula is C20H23ClN2O6S. The van der Waals surface area contributed by atoms with Crippen LogP contribution in [0.2, 0.25) is 5.02 Å². The van der Waals surface area contributed by atoms with Gasteiger partial charge >= 0.3 is 5.97 Å². The van der Waals surface area contributed by atoms with Crippen LogP contribution in [0.1, 0.15) is 24.2 Å². The van der Waals surface area contributed by atoms with Crippen LogP contribution in [0.25, 0.3) is 0 Å². The smallest absolute Gasteiger partial charge is 0.340 e. The summed E-state index contributed by atoms with van der Waals surface area (Å²) in [6.07, 6.45) is 0. The van der Waals surface area contributed by atoms with E-state index in [9.17, 15) is 18.0 Å². The van der Waals surface area contributed by atoms with Gasteiger partial charge in [-0.1, -0.05) is 31.5 Å². The number of ether oxygens (including phenoxy) is 2. The molecule has 0 aliphatic heterocycles. The van der Waals surface area contributed by atoms with Gasteiger partial charge in [-0.3, -0.25) is 4.79 Å². The first kappa shape index (κ1) is 23.7. The molecule has 0 aliphatic rings. The summed E-state index contributed by atoms with van der Waals surface area (Å²) in [4.78, 5) is 24.4. The molecule has 0 saturated carbocycles. The minimum Gasteiger partial charge on any atom is -0.497 e. The maximum Gasteiger partial charge on any atom is 0.340 e. The van der Waals surface area contributed by atoms with E-state index < -0.39 is 28.5 Å². The van der Waals surface area contributed by atoms with Gasteiger partial charge in [-0.2, -0.15) is 4.31 Å². The van der Waals surface area contributed by atoms with Crippen LogP contribution >= 0.6 is 11.6 Å². The molecule has 2 aromatic rings. The van der Waals surface area contributed by atoms with Crippen molar-refractivity contribution < 1.29 is 27.5 Å². The number of rotatable bonds is 9. The Morgan fingerprint density at radius 1 is 1.10 bits per heavy atom. The van der Waals surface area contributed by atoms with Crippen molar-refractivity contribution in [3.8, 4) is 5.75 Å². The highest BCUT2D eigenvalue weighted by Gasteiger charge is 2.24. The first-order valence-corrected chi connectivity index (χ1v) is 11.0. The van der Waals surface area contributed by atoms with Crippen LogP contribution in [0.15, 0.2) is 47.4 Å². The van der Waals surface area contributed by atoms with Crippen molar-refractivity contribution >= 4 is 39.2 Å². The molecule has 0 heterocycles. The fraction of sp³-hybridized carbons (Fsp3) is 0.300. The Labute approximate surface area is 180 Å². The van der Waals surface area contributed by atoms with Crippen molar-refractivity contribution in [3.05, 3.63) is 53.1 Å². The Morgan fingerprint density at radius 3 is 2.43 bits per heavy atom. The van der Waals surface area contributed by atoms with Gasteiger partial charge in [0.2, 0.25) is 10.0 Å². The quantitative estimate of drug-likeness (QED) is 0.584. The number of carbonyl (C=O) groups excluding carboxylic acids is 2. The molecule has 0 unspecified atom stereocenters. The van der Waals surface area contributed by atoms with E-state index in [1.54, 1.807) is 38.1 Å². The van der Waals surface area contributed by atoms with E-state index in [4.69, 9.17) is 21.1 Å². The molecule has 0 radical (unpaired) electrons. The predicted molar refractivity (Wildman–Crippen MR) is 113 cm³/mol. The van der Waals surface area contributed by atoms with Crippen LogP contribution in [-0.2, 0) is 19.6 Å². The molecule has 2 aromatic carbocycles. The SMILES string of the molecule is CCN(CC)S(=O)(=O)c1ccc(Cl)c(C(=O)OCC(=O)Nc2cccc(OC)c2)c1. The fourth-order valence-electron chi connectivity index (χ4n) is 2.64. The highest BCUT2D eigenvalue weighted by molar-refractivity contribution is 7.89. The maximum atomic E-state index is 12.7. The van der Waals surface area contributed by atoms with Gasteiger partial charge in [-0.15, -0.1) is 0 Å². The molecule has 2 rings (SSSR count). The number of halogens is 1. The van der Waals surface area contributed by atoms with Gasteiger partial charge in [0.05, 0.1) is 22.6 Å². The Kier molecular flexibility index (Phi) is 8.22. The number of carbonyl (C=O) groups is 2. The van der Waals surface area contributed by atoms with E-state index in [1.165, 1.54) is 23.5 Å². The minimum absolute atomic E-state index is 0.0201. The molecule has 10 heteroatoms. The number of benzene rings is 2. The first-order chi connectivity index (χ1) is 14.2. The van der Waals surface area contributed by atoms with Crippen LogP contribution < -0.4 is 10.1 Å². The topological polar surface area (TPSA) is 102 Å². The average molecular weight is 455 g/mol. The highest BCUT2D eigenvalue weighted by Crippen LogP contribution is 2.24. The lowest BCUT2D eigenvalue weighted by atomic mass is 10.2. The van der Waals surface area contributed by atoms with Crippen LogP contribution in [-0.4, -0.2) is 51.4 Å². The van der Waals surface area contributed by atoms with Gasteiger partial charge in [0, 0.05) is 24.8 Å². The lowest BCUT2D eigenvalue weighted by Gasteiger charge is -2.19. The third kappa shape index (κ3) is 5.71. The number of amides is 1. The lowest BCUT2D eigenvalue weighted by Crippen LogP contribution is -2.30. The van der Waals surface area contributed by atoms with E-state index in [0.717, 1.165) is 6.07 Å². The van der Waals surface area contributed by atoms with E-state index in [2.05, 4.69) is 5.32 Å². The molecule has 0 aromatic heterocycles. The number of hydrogen-bond donors (Lipinski definition) is 1. The molecule has 162 valence electrons. The van der Waals surface area contributed by atoms with Crippen molar-refractivity contribution in [2.75, 3.05) is 32.1 Å². The second-order valence-corrected chi connectivity index (χ2v) is 8.43. The van der Waals surface area contributed by atoms with E-state index >= 15 is 0 Å². The number of anilines is 1. The van der Waals surface area contributed by atoms with Gasteiger partial charge < -0.3 is 14.8 Å². The summed E-state index contributed by atoms with van der Waals surface area (Å²) >= 11 is 6.04. The van der Waals surface area contributed by atoms with Crippen molar-refractivity contribution in [1.29, 1.82) is 0 Å². The van der Waals surface area contributed by atoms with E-state index in [-0.39, 0.29) is 28.6 Å². The van der Waals surface area contributed by atoms with Gasteiger partial charge in [-0.25, -0.2) is 13.2 Å². The number of esters is 1. The summed E-state index contributed by atoms with van der Waals surface area (Å²) in [5.74, 6) is -0.917. The van der Waals surface area contributed by atoms with Crippen LogP contribution in [0.5, 0.6) is 5.75 Å². The summed E-state index contributed by atoms with van der Waals surface area (Å²) in [6, 6.07) is 10.5. The second kappa shape index (κ2) is 10.4. The van der Waals surface area contributed by atoms with Gasteiger partial charge in [0.1, 0.15) is 5.75 Å². The lowest BCUT2D eigenvalue weighted by molar-refractivity contribution is -0.119. The molecule has 0 saturated heterocycles. The normalized spacial score (nSPS) is 11.2. The molecule has 0 bridgehead atoms. The molecule has 1 N–H and O–H groups in total. The molecule has 0 fully saturated rings. The Bertz CT molecular complexity index is 1020. The summed E-state index contributed by atoms with van der Waals surface area (Å²) in [7, 11) is -2.28. The van der Waals surface area contributed by atoms with Crippen molar-refractivity contribution in [3.63, 3.8) is 0 Å². The van der Waals surface area contributed by atoms with Crippen molar-refractivity contribution in [1.82, 2.24) is 4.31 Å². The first-order valence-electron chi connectivity index (χ1n) is 9.13. The van der Waals surface area contributed by atoms with Crippen molar-refractivity contribution in [2.45, 2.75) is 18.7 Å². The monoisotopic (exact) mass is 454 g/mol. The summed E-state index contributed by atoms with van der Waals surface area (Å²) in [5.41, 5.74) is 0.333. The van der Waals surface area contributed by atoms with Gasteiger partial charge in [-0.05, 0) is 30.3 Å². The number of nitrogens with zero attached hydrogens (tertiary/aromatic N) is 1. The Hall–Kier alpha value is -2.62. The van der Waals surface area contributed by atoms with Crippen LogP contribution in [0, 0.1) is 0 Å². The van der Waals surface area contributed by atoms with Crippen molar-refractivity contribution in [2.24, 2.45) is 0 Å². The fourth-order valence-corrected chi connectivity index (χ4v) is 4.32. The molecule has 0 aliphatic carbocycles. The molecule has 30 heavy (non-hydrogen) atoms. The van der Waals surface area contributed by atoms with Crippen LogP contribution in [0.4, 0.5) is 5.69 Å². The zero-order chi connectivity index (χ0) is 22.3. The third-order valence-corrected chi connectivity index (χ3v) is 6.56. The average Bonchev–Trinajstić information content (AvgIpc) is 2.73. The molecule has 1 amide bonds. The molecule has 0 atom stereocenters. The molecule has 8 nitrogen and oxygen atoms in total. The Balaban J connectivity index is 2.10. The largest absolute Gasteiger partial charge is 0.497 e. The highest BCUT2D eigenvalue weighted by atomic mass is 35.5. The summed E-state index contributed by atoms with van der Waals surface area (Å²) < 4.78 is 36.7. The number of methoxy groups -OCH3 is 1. The zero-order valence-corrected chi connectivity index (χ0v) is 18.4. The predicted octanol–water partition coefficient (Wildman–Crippen LogP) is 3.17. The third-order valence-electron chi connectivity index (χ3n) is 4.19. The minimum atomic E-state index is -3.78. The molecular weight excluding hydrogens is 432 g/mol. The Morgan fingerprint density at radius 2 is 1.80 bits per heavy atom. The standard InChI is InChI=1S/C20H23ClN2O6S/c1-4-23(5-2)30(26,27)16-9-10-18(21)17(12-16)20(25)29-13-19(24)22-14-7-6-8-15(11-14)28-3/h6-12H,4-5,13H2,1-3H3,(H,22,24). The van der Waals surface area contributed by atoms with E-state index in [0.29, 0.717) is 11.4 Å².